The van der Waals surface area contributed by atoms with Gasteiger partial charge in [0.25, 0.3) is 0 Å². The average Bonchev–Trinajstić information content (AvgIpc) is 2.17. The monoisotopic (exact) mass is 194 g/mol. The second-order valence-electron chi connectivity index (χ2n) is 3.53. The first-order chi connectivity index (χ1) is 6.68. The molecule has 0 amide bonds. The molecule has 0 unspecified atom stereocenters. The summed E-state index contributed by atoms with van der Waals surface area (Å²) < 4.78 is 5.30. The van der Waals surface area contributed by atoms with Crippen molar-refractivity contribution in [2.24, 2.45) is 0 Å². The summed E-state index contributed by atoms with van der Waals surface area (Å²) >= 11 is 0. The minimum Gasteiger partial charge on any atom is -0.383 e. The Balaban J connectivity index is 2.46. The Bertz CT molecular complexity index is 351. The van der Waals surface area contributed by atoms with E-state index in [1.807, 2.05) is 19.0 Å². The van der Waals surface area contributed by atoms with Gasteiger partial charge in [0.2, 0.25) is 5.95 Å². The first-order valence-electron chi connectivity index (χ1n) is 4.59. The number of fused-ring (bicyclic) bond motifs is 1. The third-order valence-corrected chi connectivity index (χ3v) is 2.24. The zero-order chi connectivity index (χ0) is 10.1. The van der Waals surface area contributed by atoms with Gasteiger partial charge in [0, 0.05) is 26.1 Å². The van der Waals surface area contributed by atoms with E-state index in [1.54, 1.807) is 0 Å². The van der Waals surface area contributed by atoms with Crippen molar-refractivity contribution in [2.45, 2.75) is 13.0 Å². The molecular weight excluding hydrogens is 180 g/mol. The molecule has 0 aliphatic carbocycles. The minimum atomic E-state index is 0.537. The molecule has 0 bridgehead atoms. The Morgan fingerprint density at radius 3 is 2.86 bits per heavy atom. The third kappa shape index (κ3) is 1.50. The summed E-state index contributed by atoms with van der Waals surface area (Å²) in [4.78, 5) is 10.5. The lowest BCUT2D eigenvalue weighted by Crippen LogP contribution is -2.20. The van der Waals surface area contributed by atoms with Gasteiger partial charge in [-0.2, -0.15) is 4.98 Å². The second-order valence-corrected chi connectivity index (χ2v) is 3.53. The van der Waals surface area contributed by atoms with Crippen LogP contribution in [0.3, 0.4) is 0 Å². The summed E-state index contributed by atoms with van der Waals surface area (Å²) in [6, 6.07) is 0. The summed E-state index contributed by atoms with van der Waals surface area (Å²) in [5.74, 6) is 1.21. The molecule has 2 heterocycles. The zero-order valence-electron chi connectivity index (χ0n) is 8.45. The van der Waals surface area contributed by atoms with Gasteiger partial charge in [0.1, 0.15) is 5.82 Å². The first kappa shape index (κ1) is 9.21. The van der Waals surface area contributed by atoms with Gasteiger partial charge in [-0.25, -0.2) is 4.98 Å². The summed E-state index contributed by atoms with van der Waals surface area (Å²) in [5, 5.41) is 0. The maximum absolute atomic E-state index is 5.82. The predicted octanol–water partition coefficient (Wildman–Crippen LogP) is 0.197. The summed E-state index contributed by atoms with van der Waals surface area (Å²) in [6.07, 6.45) is 0.822. The smallest absolute Gasteiger partial charge is 0.227 e. The highest BCUT2D eigenvalue weighted by Crippen LogP contribution is 2.21. The number of nitrogens with zero attached hydrogens (tertiary/aromatic N) is 3. The Labute approximate surface area is 82.9 Å². The van der Waals surface area contributed by atoms with E-state index in [9.17, 15) is 0 Å². The van der Waals surface area contributed by atoms with Gasteiger partial charge >= 0.3 is 0 Å². The number of anilines is 2. The fourth-order valence-electron chi connectivity index (χ4n) is 1.44. The van der Waals surface area contributed by atoms with Crippen LogP contribution in [0.2, 0.25) is 0 Å². The Morgan fingerprint density at radius 1 is 1.36 bits per heavy atom. The fraction of sp³-hybridized carbons (Fsp3) is 0.556. The average molecular weight is 194 g/mol. The van der Waals surface area contributed by atoms with Crippen molar-refractivity contribution in [2.75, 3.05) is 31.3 Å². The van der Waals surface area contributed by atoms with Gasteiger partial charge < -0.3 is 15.4 Å². The van der Waals surface area contributed by atoms with Gasteiger partial charge in [-0.1, -0.05) is 0 Å². The molecule has 1 aromatic rings. The van der Waals surface area contributed by atoms with Crippen LogP contribution >= 0.6 is 0 Å². The van der Waals surface area contributed by atoms with Gasteiger partial charge in [0.05, 0.1) is 18.9 Å². The predicted molar refractivity (Wildman–Crippen MR) is 54.1 cm³/mol. The molecule has 5 nitrogen and oxygen atoms in total. The van der Waals surface area contributed by atoms with Crippen LogP contribution in [-0.4, -0.2) is 30.7 Å². The molecule has 0 saturated carbocycles. The molecule has 0 radical (unpaired) electrons. The zero-order valence-corrected chi connectivity index (χ0v) is 8.45. The van der Waals surface area contributed by atoms with E-state index in [-0.39, 0.29) is 0 Å². The second kappa shape index (κ2) is 3.42. The van der Waals surface area contributed by atoms with Gasteiger partial charge in [-0.3, -0.25) is 0 Å². The molecule has 0 aromatic carbocycles. The van der Waals surface area contributed by atoms with Crippen molar-refractivity contribution < 1.29 is 4.74 Å². The van der Waals surface area contributed by atoms with Crippen LogP contribution < -0.4 is 10.6 Å². The highest BCUT2D eigenvalue weighted by molar-refractivity contribution is 5.47. The highest BCUT2D eigenvalue weighted by Gasteiger charge is 2.16. The summed E-state index contributed by atoms with van der Waals surface area (Å²) in [7, 11) is 3.81. The maximum atomic E-state index is 5.82. The molecule has 1 aliphatic rings. The van der Waals surface area contributed by atoms with Gasteiger partial charge in [-0.05, 0) is 0 Å². The molecule has 1 aromatic heterocycles. The van der Waals surface area contributed by atoms with E-state index < -0.39 is 0 Å². The van der Waals surface area contributed by atoms with Crippen molar-refractivity contribution in [3.8, 4) is 0 Å². The van der Waals surface area contributed by atoms with E-state index in [0.717, 1.165) is 24.3 Å². The molecule has 14 heavy (non-hydrogen) atoms. The number of nitrogen functional groups attached to an aromatic ring is 1. The van der Waals surface area contributed by atoms with Crippen LogP contribution in [0.15, 0.2) is 0 Å². The Morgan fingerprint density at radius 2 is 2.14 bits per heavy atom. The number of aromatic nitrogens is 2. The molecule has 0 spiro atoms. The van der Waals surface area contributed by atoms with Crippen LogP contribution in [0, 0.1) is 0 Å². The molecule has 76 valence electrons. The molecule has 2 N–H and O–H groups in total. The first-order valence-corrected chi connectivity index (χ1v) is 4.59. The maximum Gasteiger partial charge on any atom is 0.227 e. The normalized spacial score (nSPS) is 15.0. The van der Waals surface area contributed by atoms with Crippen molar-refractivity contribution in [1.82, 2.24) is 9.97 Å². The number of hydrogen-bond acceptors (Lipinski definition) is 5. The number of ether oxygens (including phenoxy) is 1. The van der Waals surface area contributed by atoms with E-state index >= 15 is 0 Å². The quantitative estimate of drug-likeness (QED) is 0.691. The molecule has 0 saturated heterocycles. The van der Waals surface area contributed by atoms with Crippen molar-refractivity contribution >= 4 is 11.8 Å². The fourth-order valence-corrected chi connectivity index (χ4v) is 1.44. The Kier molecular flexibility index (Phi) is 2.25. The van der Waals surface area contributed by atoms with Crippen LogP contribution in [0.5, 0.6) is 0 Å². The Hall–Kier alpha value is -1.36. The van der Waals surface area contributed by atoms with Crippen molar-refractivity contribution in [1.29, 1.82) is 0 Å². The van der Waals surface area contributed by atoms with Crippen molar-refractivity contribution in [3.05, 3.63) is 11.3 Å². The molecule has 0 atom stereocenters. The topological polar surface area (TPSA) is 64.3 Å². The van der Waals surface area contributed by atoms with E-state index in [4.69, 9.17) is 10.5 Å². The SMILES string of the molecule is CN(C)c1nc(N)c2c(n1)CCOC2. The number of rotatable bonds is 1. The molecule has 0 fully saturated rings. The molecular formula is C9H14N4O. The largest absolute Gasteiger partial charge is 0.383 e. The lowest BCUT2D eigenvalue weighted by Gasteiger charge is -2.19. The summed E-state index contributed by atoms with van der Waals surface area (Å²) in [5.41, 5.74) is 7.79. The lowest BCUT2D eigenvalue weighted by molar-refractivity contribution is 0.109. The lowest BCUT2D eigenvalue weighted by atomic mass is 10.1. The van der Waals surface area contributed by atoms with Gasteiger partial charge in [-0.15, -0.1) is 0 Å². The molecule has 1 aliphatic heterocycles. The van der Waals surface area contributed by atoms with Crippen LogP contribution in [0.25, 0.3) is 0 Å². The van der Waals surface area contributed by atoms with Crippen molar-refractivity contribution in [3.63, 3.8) is 0 Å². The van der Waals surface area contributed by atoms with Crippen LogP contribution in [0.1, 0.15) is 11.3 Å². The van der Waals surface area contributed by atoms with E-state index in [1.165, 1.54) is 0 Å². The van der Waals surface area contributed by atoms with E-state index in [2.05, 4.69) is 9.97 Å². The number of nitrogens with two attached hydrogens (primary N) is 1. The summed E-state index contributed by atoms with van der Waals surface area (Å²) in [6.45, 7) is 1.26. The molecule has 5 heteroatoms. The minimum absolute atomic E-state index is 0.537. The number of hydrogen-bond donors (Lipinski definition) is 1. The standard InChI is InChI=1S/C9H14N4O/c1-13(2)9-11-7-3-4-14-5-6(7)8(10)12-9/h3-5H2,1-2H3,(H2,10,11,12). The van der Waals surface area contributed by atoms with Gasteiger partial charge in [0.15, 0.2) is 0 Å². The third-order valence-electron chi connectivity index (χ3n) is 2.24. The van der Waals surface area contributed by atoms with Crippen LogP contribution in [-0.2, 0) is 17.8 Å². The van der Waals surface area contributed by atoms with E-state index in [0.29, 0.717) is 18.4 Å². The van der Waals surface area contributed by atoms with Crippen LogP contribution in [0.4, 0.5) is 11.8 Å². The highest BCUT2D eigenvalue weighted by atomic mass is 16.5. The molecule has 2 rings (SSSR count).